The first-order chi connectivity index (χ1) is 7.24. The van der Waals surface area contributed by atoms with Gasteiger partial charge in [0.1, 0.15) is 12.1 Å². The van der Waals surface area contributed by atoms with E-state index in [1.54, 1.807) is 6.92 Å². The minimum absolute atomic E-state index is 0.0425. The summed E-state index contributed by atoms with van der Waals surface area (Å²) in [6.07, 6.45) is 2.93. The van der Waals surface area contributed by atoms with E-state index in [1.165, 1.54) is 5.56 Å². The Hall–Kier alpha value is -1.44. The molecule has 0 saturated carbocycles. The van der Waals surface area contributed by atoms with Crippen molar-refractivity contribution < 1.29 is 9.59 Å². The van der Waals surface area contributed by atoms with Gasteiger partial charge in [-0.3, -0.25) is 4.79 Å². The summed E-state index contributed by atoms with van der Waals surface area (Å²) in [5.74, 6) is -0.401. The zero-order valence-corrected chi connectivity index (χ0v) is 8.98. The van der Waals surface area contributed by atoms with Gasteiger partial charge in [-0.1, -0.05) is 30.3 Å². The minimum atomic E-state index is -0.444. The van der Waals surface area contributed by atoms with Crippen LogP contribution in [0.3, 0.4) is 0 Å². The Kier molecular flexibility index (Phi) is 4.75. The average molecular weight is 204 g/mol. The molecule has 15 heavy (non-hydrogen) atoms. The van der Waals surface area contributed by atoms with Crippen LogP contribution in [0.4, 0.5) is 0 Å². The molecule has 0 saturated heterocycles. The van der Waals surface area contributed by atoms with E-state index in [1.807, 2.05) is 30.3 Å². The molecule has 80 valence electrons. The highest BCUT2D eigenvalue weighted by Gasteiger charge is 2.10. The molecule has 0 heterocycles. The number of benzene rings is 1. The minimum Gasteiger partial charge on any atom is -0.303 e. The lowest BCUT2D eigenvalue weighted by atomic mass is 10.0. The van der Waals surface area contributed by atoms with E-state index in [2.05, 4.69) is 0 Å². The van der Waals surface area contributed by atoms with Crippen LogP contribution < -0.4 is 0 Å². The van der Waals surface area contributed by atoms with Crippen molar-refractivity contribution in [2.75, 3.05) is 0 Å². The second kappa shape index (κ2) is 6.12. The number of aldehydes is 1. The number of carbonyl (C=O) groups excluding carboxylic acids is 2. The van der Waals surface area contributed by atoms with Crippen molar-refractivity contribution in [3.8, 4) is 0 Å². The van der Waals surface area contributed by atoms with Gasteiger partial charge in [-0.15, -0.1) is 0 Å². The quantitative estimate of drug-likeness (QED) is 0.526. The summed E-state index contributed by atoms with van der Waals surface area (Å²) in [7, 11) is 0. The lowest BCUT2D eigenvalue weighted by molar-refractivity contribution is -0.126. The Labute approximate surface area is 90.3 Å². The highest BCUT2D eigenvalue weighted by molar-refractivity contribution is 5.92. The first kappa shape index (κ1) is 11.6. The molecule has 2 heteroatoms. The number of hydrogen-bond acceptors (Lipinski definition) is 2. The molecule has 0 unspecified atom stereocenters. The first-order valence-corrected chi connectivity index (χ1v) is 5.26. The lowest BCUT2D eigenvalue weighted by Crippen LogP contribution is -2.11. The van der Waals surface area contributed by atoms with Crippen LogP contribution in [0.15, 0.2) is 30.3 Å². The van der Waals surface area contributed by atoms with E-state index in [-0.39, 0.29) is 5.78 Å². The van der Waals surface area contributed by atoms with Crippen molar-refractivity contribution in [3.05, 3.63) is 35.9 Å². The number of hydrogen-bond donors (Lipinski definition) is 0. The van der Waals surface area contributed by atoms with Gasteiger partial charge >= 0.3 is 0 Å². The first-order valence-electron chi connectivity index (χ1n) is 5.26. The molecule has 1 aromatic rings. The van der Waals surface area contributed by atoms with Crippen molar-refractivity contribution in [2.45, 2.75) is 26.2 Å². The largest absolute Gasteiger partial charge is 0.303 e. The fourth-order valence-corrected chi connectivity index (χ4v) is 1.41. The van der Waals surface area contributed by atoms with E-state index in [9.17, 15) is 9.59 Å². The van der Waals surface area contributed by atoms with Crippen LogP contribution in [-0.4, -0.2) is 12.1 Å². The van der Waals surface area contributed by atoms with Gasteiger partial charge < -0.3 is 4.79 Å². The number of aryl methyl sites for hydroxylation is 1. The SMILES string of the molecule is C[C@H](C=O)C(=O)CCCc1ccccc1. The predicted octanol–water partition coefficient (Wildman–Crippen LogP) is 2.41. The van der Waals surface area contributed by atoms with Gasteiger partial charge in [0, 0.05) is 6.42 Å². The fourth-order valence-electron chi connectivity index (χ4n) is 1.41. The molecule has 0 fully saturated rings. The number of carbonyl (C=O) groups is 2. The topological polar surface area (TPSA) is 34.1 Å². The van der Waals surface area contributed by atoms with Crippen molar-refractivity contribution in [1.82, 2.24) is 0 Å². The maximum absolute atomic E-state index is 11.3. The van der Waals surface area contributed by atoms with Crippen LogP contribution >= 0.6 is 0 Å². The Morgan fingerprint density at radius 3 is 2.60 bits per heavy atom. The second-order valence-electron chi connectivity index (χ2n) is 3.73. The van der Waals surface area contributed by atoms with Gasteiger partial charge in [-0.25, -0.2) is 0 Å². The van der Waals surface area contributed by atoms with E-state index in [0.29, 0.717) is 12.7 Å². The maximum atomic E-state index is 11.3. The molecule has 1 atom stereocenters. The van der Waals surface area contributed by atoms with Crippen molar-refractivity contribution in [3.63, 3.8) is 0 Å². The number of ketones is 1. The second-order valence-corrected chi connectivity index (χ2v) is 3.73. The molecule has 2 nitrogen and oxygen atoms in total. The molecule has 0 aliphatic carbocycles. The Bertz CT molecular complexity index is 317. The smallest absolute Gasteiger partial charge is 0.142 e. The summed E-state index contributed by atoms with van der Waals surface area (Å²) < 4.78 is 0. The van der Waals surface area contributed by atoms with Crippen LogP contribution in [0.5, 0.6) is 0 Å². The number of rotatable bonds is 6. The van der Waals surface area contributed by atoms with E-state index < -0.39 is 5.92 Å². The molecular weight excluding hydrogens is 188 g/mol. The highest BCUT2D eigenvalue weighted by atomic mass is 16.1. The van der Waals surface area contributed by atoms with Gasteiger partial charge in [0.25, 0.3) is 0 Å². The summed E-state index contributed by atoms with van der Waals surface area (Å²) in [5.41, 5.74) is 1.24. The third-order valence-corrected chi connectivity index (χ3v) is 2.44. The summed E-state index contributed by atoms with van der Waals surface area (Å²) in [4.78, 5) is 21.7. The molecule has 0 N–H and O–H groups in total. The van der Waals surface area contributed by atoms with Crippen LogP contribution in [0.2, 0.25) is 0 Å². The zero-order chi connectivity index (χ0) is 11.1. The molecule has 0 spiro atoms. The Balaban J connectivity index is 2.28. The van der Waals surface area contributed by atoms with Crippen LogP contribution in [0, 0.1) is 5.92 Å². The van der Waals surface area contributed by atoms with Gasteiger partial charge in [0.2, 0.25) is 0 Å². The summed E-state index contributed by atoms with van der Waals surface area (Å²) in [5, 5.41) is 0. The molecule has 1 aromatic carbocycles. The molecular formula is C13H16O2. The van der Waals surface area contributed by atoms with Crippen molar-refractivity contribution in [2.24, 2.45) is 5.92 Å². The van der Waals surface area contributed by atoms with Gasteiger partial charge in [-0.05, 0) is 25.3 Å². The van der Waals surface area contributed by atoms with Crippen LogP contribution in [-0.2, 0) is 16.0 Å². The molecule has 0 aliphatic rings. The highest BCUT2D eigenvalue weighted by Crippen LogP contribution is 2.07. The van der Waals surface area contributed by atoms with Gasteiger partial charge in [0.05, 0.1) is 5.92 Å². The van der Waals surface area contributed by atoms with E-state index in [4.69, 9.17) is 0 Å². The van der Waals surface area contributed by atoms with Crippen LogP contribution in [0.25, 0.3) is 0 Å². The molecule has 0 aromatic heterocycles. The summed E-state index contributed by atoms with van der Waals surface area (Å²) >= 11 is 0. The Morgan fingerprint density at radius 1 is 1.33 bits per heavy atom. The molecule has 0 aliphatic heterocycles. The molecule has 1 rings (SSSR count). The predicted molar refractivity (Wildman–Crippen MR) is 59.6 cm³/mol. The average Bonchev–Trinajstić information content (AvgIpc) is 2.29. The summed E-state index contributed by atoms with van der Waals surface area (Å²) in [6.45, 7) is 1.65. The molecule has 0 amide bonds. The maximum Gasteiger partial charge on any atom is 0.142 e. The van der Waals surface area contributed by atoms with Crippen LogP contribution in [0.1, 0.15) is 25.3 Å². The molecule has 0 radical (unpaired) electrons. The van der Waals surface area contributed by atoms with Crippen molar-refractivity contribution >= 4 is 12.1 Å². The lowest BCUT2D eigenvalue weighted by Gasteiger charge is -2.03. The Morgan fingerprint density at radius 2 is 2.00 bits per heavy atom. The standard InChI is InChI=1S/C13H16O2/c1-11(10-14)13(15)9-5-8-12-6-3-2-4-7-12/h2-4,6-7,10-11H,5,8-9H2,1H3/t11-/m1/s1. The third-order valence-electron chi connectivity index (χ3n) is 2.44. The van der Waals surface area contributed by atoms with Gasteiger partial charge in [-0.2, -0.15) is 0 Å². The van der Waals surface area contributed by atoms with Crippen molar-refractivity contribution in [1.29, 1.82) is 0 Å². The normalized spacial score (nSPS) is 12.1. The van der Waals surface area contributed by atoms with E-state index >= 15 is 0 Å². The summed E-state index contributed by atoms with van der Waals surface area (Å²) in [6, 6.07) is 10.1. The van der Waals surface area contributed by atoms with Gasteiger partial charge in [0.15, 0.2) is 0 Å². The third kappa shape index (κ3) is 4.07. The fraction of sp³-hybridized carbons (Fsp3) is 0.385. The monoisotopic (exact) mass is 204 g/mol. The molecule has 0 bridgehead atoms. The zero-order valence-electron chi connectivity index (χ0n) is 8.98. The van der Waals surface area contributed by atoms with E-state index in [0.717, 1.165) is 12.8 Å². The number of Topliss-reactive ketones (excluding diaryl/α,β-unsaturated/α-hetero) is 1.